The highest BCUT2D eigenvalue weighted by Crippen LogP contribution is 2.16. The molecule has 0 radical (unpaired) electrons. The highest BCUT2D eigenvalue weighted by molar-refractivity contribution is 6.30. The number of fused-ring (bicyclic) bond motifs is 1. The molecule has 1 amide bonds. The van der Waals surface area contributed by atoms with Crippen LogP contribution in [0.25, 0.3) is 11.1 Å². The van der Waals surface area contributed by atoms with Gasteiger partial charge in [-0.2, -0.15) is 0 Å². The Balaban J connectivity index is 1.48. The maximum Gasteiger partial charge on any atom is 0.307 e. The predicted octanol–water partition coefficient (Wildman–Crippen LogP) is 3.38. The number of amides is 1. The van der Waals surface area contributed by atoms with Crippen LogP contribution in [0.4, 0.5) is 5.82 Å². The summed E-state index contributed by atoms with van der Waals surface area (Å²) >= 11 is 5.73. The van der Waals surface area contributed by atoms with Gasteiger partial charge in [-0.1, -0.05) is 23.7 Å². The van der Waals surface area contributed by atoms with Crippen LogP contribution in [0.15, 0.2) is 47.0 Å². The van der Waals surface area contributed by atoms with Gasteiger partial charge in [0.25, 0.3) is 5.91 Å². The first-order valence-electron chi connectivity index (χ1n) is 7.97. The molecule has 0 saturated carbocycles. The van der Waals surface area contributed by atoms with E-state index in [0.717, 1.165) is 5.52 Å². The van der Waals surface area contributed by atoms with Crippen LogP contribution in [-0.4, -0.2) is 27.9 Å². The second-order valence-corrected chi connectivity index (χ2v) is 5.99. The first kappa shape index (κ1) is 17.9. The van der Waals surface area contributed by atoms with Gasteiger partial charge in [-0.25, -0.2) is 9.97 Å². The Morgan fingerprint density at radius 1 is 1.27 bits per heavy atom. The molecular formula is C18H16ClN3O4. The molecule has 26 heavy (non-hydrogen) atoms. The molecule has 0 unspecified atom stereocenters. The maximum absolute atomic E-state index is 12.0. The lowest BCUT2D eigenvalue weighted by atomic mass is 10.3. The first-order valence-corrected chi connectivity index (χ1v) is 8.35. The van der Waals surface area contributed by atoms with Gasteiger partial charge in [0, 0.05) is 12.6 Å². The SMILES string of the molecule is C[C@@H](OC(=O)CCc1nc2ccccc2o1)C(=O)Nc1ccc(Cl)cn1. The van der Waals surface area contributed by atoms with E-state index in [1.54, 1.807) is 18.2 Å². The number of hydrogen-bond acceptors (Lipinski definition) is 6. The fourth-order valence-electron chi connectivity index (χ4n) is 2.22. The zero-order valence-corrected chi connectivity index (χ0v) is 14.7. The molecule has 2 heterocycles. The molecule has 3 aromatic rings. The van der Waals surface area contributed by atoms with Crippen molar-refractivity contribution in [2.24, 2.45) is 0 Å². The third kappa shape index (κ3) is 4.58. The molecule has 0 aliphatic carbocycles. The number of anilines is 1. The van der Waals surface area contributed by atoms with Crippen LogP contribution < -0.4 is 5.32 Å². The van der Waals surface area contributed by atoms with Crippen molar-refractivity contribution in [3.63, 3.8) is 0 Å². The van der Waals surface area contributed by atoms with Crippen LogP contribution in [0.3, 0.4) is 0 Å². The molecule has 7 nitrogen and oxygen atoms in total. The van der Waals surface area contributed by atoms with Crippen molar-refractivity contribution in [1.82, 2.24) is 9.97 Å². The summed E-state index contributed by atoms with van der Waals surface area (Å²) in [5.74, 6) is -0.214. The molecule has 1 atom stereocenters. The number of aryl methyl sites for hydroxylation is 1. The molecule has 2 aromatic heterocycles. The lowest BCUT2D eigenvalue weighted by molar-refractivity contribution is -0.153. The quantitative estimate of drug-likeness (QED) is 0.665. The normalized spacial score (nSPS) is 11.9. The van der Waals surface area contributed by atoms with E-state index in [9.17, 15) is 9.59 Å². The fourth-order valence-corrected chi connectivity index (χ4v) is 2.33. The van der Waals surface area contributed by atoms with E-state index in [1.807, 2.05) is 18.2 Å². The van der Waals surface area contributed by atoms with Crippen molar-refractivity contribution in [3.05, 3.63) is 53.5 Å². The monoisotopic (exact) mass is 373 g/mol. The average Bonchev–Trinajstić information content (AvgIpc) is 3.05. The van der Waals surface area contributed by atoms with Crippen LogP contribution >= 0.6 is 11.6 Å². The molecule has 0 aliphatic rings. The summed E-state index contributed by atoms with van der Waals surface area (Å²) < 4.78 is 10.7. The number of benzene rings is 1. The van der Waals surface area contributed by atoms with Crippen LogP contribution in [0.1, 0.15) is 19.2 Å². The second-order valence-electron chi connectivity index (χ2n) is 5.56. The third-order valence-electron chi connectivity index (χ3n) is 3.54. The van der Waals surface area contributed by atoms with Crippen molar-refractivity contribution in [2.75, 3.05) is 5.32 Å². The zero-order chi connectivity index (χ0) is 18.5. The minimum Gasteiger partial charge on any atom is -0.453 e. The Morgan fingerprint density at radius 3 is 2.81 bits per heavy atom. The Morgan fingerprint density at radius 2 is 2.08 bits per heavy atom. The largest absolute Gasteiger partial charge is 0.453 e. The van der Waals surface area contributed by atoms with E-state index in [4.69, 9.17) is 20.8 Å². The molecule has 0 aliphatic heterocycles. The Bertz CT molecular complexity index is 891. The second kappa shape index (κ2) is 7.97. The van der Waals surface area contributed by atoms with Gasteiger partial charge >= 0.3 is 5.97 Å². The molecular weight excluding hydrogens is 358 g/mol. The van der Waals surface area contributed by atoms with E-state index in [0.29, 0.717) is 28.7 Å². The van der Waals surface area contributed by atoms with Crippen LogP contribution in [-0.2, 0) is 20.7 Å². The summed E-state index contributed by atoms with van der Waals surface area (Å²) in [6, 6.07) is 10.5. The van der Waals surface area contributed by atoms with Crippen LogP contribution in [0, 0.1) is 0 Å². The number of nitrogens with one attached hydrogen (secondary N) is 1. The molecule has 1 aromatic carbocycles. The van der Waals surface area contributed by atoms with Gasteiger partial charge in [-0.15, -0.1) is 0 Å². The van der Waals surface area contributed by atoms with Crippen LogP contribution in [0.5, 0.6) is 0 Å². The zero-order valence-electron chi connectivity index (χ0n) is 13.9. The average molecular weight is 374 g/mol. The summed E-state index contributed by atoms with van der Waals surface area (Å²) in [6.07, 6.45) is 0.807. The summed E-state index contributed by atoms with van der Waals surface area (Å²) in [5, 5.41) is 3.01. The molecule has 1 N–H and O–H groups in total. The number of carbonyl (C=O) groups excluding carboxylic acids is 2. The van der Waals surface area contributed by atoms with Crippen LogP contribution in [0.2, 0.25) is 5.02 Å². The molecule has 0 spiro atoms. The van der Waals surface area contributed by atoms with Crippen molar-refractivity contribution in [2.45, 2.75) is 25.9 Å². The number of rotatable bonds is 6. The van der Waals surface area contributed by atoms with Gasteiger partial charge in [-0.3, -0.25) is 9.59 Å². The lowest BCUT2D eigenvalue weighted by Gasteiger charge is -2.12. The number of halogens is 1. The van der Waals surface area contributed by atoms with Gasteiger partial charge in [0.15, 0.2) is 17.6 Å². The summed E-state index contributed by atoms with van der Waals surface area (Å²) in [6.45, 7) is 1.49. The van der Waals surface area contributed by atoms with Gasteiger partial charge in [-0.05, 0) is 31.2 Å². The molecule has 3 rings (SSSR count). The van der Waals surface area contributed by atoms with E-state index in [2.05, 4.69) is 15.3 Å². The minimum absolute atomic E-state index is 0.0592. The smallest absolute Gasteiger partial charge is 0.307 e. The molecule has 8 heteroatoms. The fraction of sp³-hybridized carbons (Fsp3) is 0.222. The third-order valence-corrected chi connectivity index (χ3v) is 3.76. The highest BCUT2D eigenvalue weighted by atomic mass is 35.5. The molecule has 0 fully saturated rings. The number of hydrogen-bond donors (Lipinski definition) is 1. The van der Waals surface area contributed by atoms with Gasteiger partial charge in [0.2, 0.25) is 0 Å². The van der Waals surface area contributed by atoms with Crippen molar-refractivity contribution in [3.8, 4) is 0 Å². The first-order chi connectivity index (χ1) is 12.5. The highest BCUT2D eigenvalue weighted by Gasteiger charge is 2.19. The number of para-hydroxylation sites is 2. The van der Waals surface area contributed by atoms with Crippen molar-refractivity contribution < 1.29 is 18.7 Å². The minimum atomic E-state index is -0.955. The molecule has 134 valence electrons. The Hall–Kier alpha value is -2.93. The number of pyridine rings is 1. The standard InChI is InChI=1S/C18H16ClN3O4/c1-11(18(24)22-15-7-6-12(19)10-20-15)25-17(23)9-8-16-21-13-4-2-3-5-14(13)26-16/h2-7,10-11H,8-9H2,1H3,(H,20,22,24)/t11-/m1/s1. The Labute approximate surface area is 154 Å². The number of aromatic nitrogens is 2. The van der Waals surface area contributed by atoms with E-state index >= 15 is 0 Å². The summed E-state index contributed by atoms with van der Waals surface area (Å²) in [7, 11) is 0. The topological polar surface area (TPSA) is 94.3 Å². The molecule has 0 saturated heterocycles. The summed E-state index contributed by atoms with van der Waals surface area (Å²) in [4.78, 5) is 32.2. The van der Waals surface area contributed by atoms with E-state index in [-0.39, 0.29) is 6.42 Å². The van der Waals surface area contributed by atoms with E-state index < -0.39 is 18.0 Å². The number of nitrogens with zero attached hydrogens (tertiary/aromatic N) is 2. The van der Waals surface area contributed by atoms with Crippen molar-refractivity contribution >= 4 is 40.4 Å². The number of carbonyl (C=O) groups is 2. The van der Waals surface area contributed by atoms with E-state index in [1.165, 1.54) is 13.1 Å². The predicted molar refractivity (Wildman–Crippen MR) is 95.8 cm³/mol. The maximum atomic E-state index is 12.0. The number of oxazole rings is 1. The van der Waals surface area contributed by atoms with Crippen molar-refractivity contribution in [1.29, 1.82) is 0 Å². The molecule has 0 bridgehead atoms. The number of esters is 1. The summed E-state index contributed by atoms with van der Waals surface area (Å²) in [5.41, 5.74) is 1.40. The van der Waals surface area contributed by atoms with Gasteiger partial charge in [0.05, 0.1) is 11.4 Å². The lowest BCUT2D eigenvalue weighted by Crippen LogP contribution is -2.30. The van der Waals surface area contributed by atoms with Gasteiger partial charge < -0.3 is 14.5 Å². The number of ether oxygens (including phenoxy) is 1. The van der Waals surface area contributed by atoms with Gasteiger partial charge in [0.1, 0.15) is 11.3 Å². The Kier molecular flexibility index (Phi) is 5.48.